The van der Waals surface area contributed by atoms with Crippen LogP contribution in [0.5, 0.6) is 5.75 Å². The van der Waals surface area contributed by atoms with E-state index in [4.69, 9.17) is 4.74 Å². The van der Waals surface area contributed by atoms with E-state index in [1.807, 2.05) is 25.1 Å². The van der Waals surface area contributed by atoms with Crippen LogP contribution in [0, 0.1) is 0 Å². The molecule has 0 spiro atoms. The zero-order chi connectivity index (χ0) is 22.6. The van der Waals surface area contributed by atoms with E-state index in [0.717, 1.165) is 12.0 Å². The van der Waals surface area contributed by atoms with Crippen molar-refractivity contribution in [2.75, 3.05) is 18.1 Å². The number of rotatable bonds is 7. The van der Waals surface area contributed by atoms with E-state index in [9.17, 15) is 13.2 Å². The predicted octanol–water partition coefficient (Wildman–Crippen LogP) is 4.60. The van der Waals surface area contributed by atoms with Gasteiger partial charge < -0.3 is 9.64 Å². The van der Waals surface area contributed by atoms with E-state index in [1.54, 1.807) is 23.1 Å². The van der Waals surface area contributed by atoms with Gasteiger partial charge in [0.05, 0.1) is 18.1 Å². The summed E-state index contributed by atoms with van der Waals surface area (Å²) in [7, 11) is -3.11. The fraction of sp³-hybridized carbons (Fsp3) is 0.480. The van der Waals surface area contributed by atoms with Crippen molar-refractivity contribution in [1.29, 1.82) is 0 Å². The monoisotopic (exact) mass is 443 g/mol. The minimum atomic E-state index is -3.11. The fourth-order valence-electron chi connectivity index (χ4n) is 3.80. The Hall–Kier alpha value is -2.34. The summed E-state index contributed by atoms with van der Waals surface area (Å²) in [5.74, 6) is 0.639. The van der Waals surface area contributed by atoms with Crippen LogP contribution in [-0.2, 0) is 21.8 Å². The van der Waals surface area contributed by atoms with Crippen LogP contribution >= 0.6 is 0 Å². The Morgan fingerprint density at radius 1 is 1.13 bits per heavy atom. The Labute approximate surface area is 186 Å². The molecular weight excluding hydrogens is 410 g/mol. The van der Waals surface area contributed by atoms with E-state index in [1.165, 1.54) is 5.56 Å². The normalized spacial score (nSPS) is 18.0. The molecule has 3 rings (SSSR count). The van der Waals surface area contributed by atoms with Gasteiger partial charge in [0, 0.05) is 18.2 Å². The number of nitrogens with zero attached hydrogens (tertiary/aromatic N) is 1. The first kappa shape index (κ1) is 23.3. The summed E-state index contributed by atoms with van der Waals surface area (Å²) in [6.07, 6.45) is 1.36. The van der Waals surface area contributed by atoms with Gasteiger partial charge in [0.2, 0.25) is 0 Å². The molecule has 0 N–H and O–H groups in total. The number of hydrogen-bond acceptors (Lipinski definition) is 4. The Balaban J connectivity index is 1.87. The average molecular weight is 444 g/mol. The molecule has 31 heavy (non-hydrogen) atoms. The molecule has 1 aliphatic rings. The Bertz CT molecular complexity index is 1010. The summed E-state index contributed by atoms with van der Waals surface area (Å²) < 4.78 is 29.9. The lowest BCUT2D eigenvalue weighted by Crippen LogP contribution is -2.40. The number of hydrogen-bond donors (Lipinski definition) is 0. The fourth-order valence-corrected chi connectivity index (χ4v) is 5.53. The predicted molar refractivity (Wildman–Crippen MR) is 124 cm³/mol. The highest BCUT2D eigenvalue weighted by molar-refractivity contribution is 7.91. The first-order valence-corrected chi connectivity index (χ1v) is 12.7. The van der Waals surface area contributed by atoms with Crippen LogP contribution < -0.4 is 4.74 Å². The largest absolute Gasteiger partial charge is 0.494 e. The minimum Gasteiger partial charge on any atom is -0.494 e. The molecule has 2 aromatic rings. The summed E-state index contributed by atoms with van der Waals surface area (Å²) >= 11 is 0. The molecule has 1 aliphatic heterocycles. The van der Waals surface area contributed by atoms with Gasteiger partial charge in [-0.1, -0.05) is 58.0 Å². The average Bonchev–Trinajstić information content (AvgIpc) is 3.09. The van der Waals surface area contributed by atoms with Crippen LogP contribution in [-0.4, -0.2) is 43.4 Å². The second-order valence-electron chi connectivity index (χ2n) is 9.31. The summed E-state index contributed by atoms with van der Waals surface area (Å²) in [5.41, 5.74) is 2.78. The van der Waals surface area contributed by atoms with Crippen LogP contribution in [0.4, 0.5) is 0 Å². The lowest BCUT2D eigenvalue weighted by molar-refractivity contribution is 0.0680. The van der Waals surface area contributed by atoms with E-state index in [-0.39, 0.29) is 28.9 Å². The highest BCUT2D eigenvalue weighted by atomic mass is 32.2. The van der Waals surface area contributed by atoms with Crippen molar-refractivity contribution in [2.45, 2.75) is 58.5 Å². The molecule has 0 aliphatic carbocycles. The minimum absolute atomic E-state index is 0.0187. The van der Waals surface area contributed by atoms with Gasteiger partial charge >= 0.3 is 0 Å². The summed E-state index contributed by atoms with van der Waals surface area (Å²) in [6, 6.07) is 15.1. The number of sulfone groups is 1. The van der Waals surface area contributed by atoms with Crippen molar-refractivity contribution >= 4 is 15.7 Å². The van der Waals surface area contributed by atoms with Gasteiger partial charge in [-0.3, -0.25) is 4.79 Å². The highest BCUT2D eigenvalue weighted by Crippen LogP contribution is 2.26. The number of carbonyl (C=O) groups is 1. The van der Waals surface area contributed by atoms with Gasteiger partial charge in [0.1, 0.15) is 5.75 Å². The first-order chi connectivity index (χ1) is 14.6. The van der Waals surface area contributed by atoms with Gasteiger partial charge in [-0.15, -0.1) is 0 Å². The summed E-state index contributed by atoms with van der Waals surface area (Å²) in [6.45, 7) is 9.48. The van der Waals surface area contributed by atoms with Crippen molar-refractivity contribution in [3.8, 4) is 5.75 Å². The Morgan fingerprint density at radius 3 is 2.42 bits per heavy atom. The molecule has 2 aromatic carbocycles. The van der Waals surface area contributed by atoms with Crippen molar-refractivity contribution in [2.24, 2.45) is 0 Å². The molecule has 1 fully saturated rings. The van der Waals surface area contributed by atoms with E-state index >= 15 is 0 Å². The van der Waals surface area contributed by atoms with E-state index < -0.39 is 9.84 Å². The Morgan fingerprint density at radius 2 is 1.84 bits per heavy atom. The molecule has 0 saturated carbocycles. The van der Waals surface area contributed by atoms with Crippen molar-refractivity contribution < 1.29 is 17.9 Å². The molecule has 1 atom stereocenters. The maximum atomic E-state index is 13.5. The zero-order valence-electron chi connectivity index (χ0n) is 18.9. The van der Waals surface area contributed by atoms with Crippen LogP contribution in [0.15, 0.2) is 48.5 Å². The molecule has 1 saturated heterocycles. The topological polar surface area (TPSA) is 63.7 Å². The molecule has 5 nitrogen and oxygen atoms in total. The maximum absolute atomic E-state index is 13.5. The second kappa shape index (κ2) is 9.43. The van der Waals surface area contributed by atoms with E-state index in [2.05, 4.69) is 32.9 Å². The number of ether oxygens (including phenoxy) is 1. The van der Waals surface area contributed by atoms with Crippen molar-refractivity contribution in [1.82, 2.24) is 4.90 Å². The lowest BCUT2D eigenvalue weighted by atomic mass is 9.86. The molecule has 1 amide bonds. The molecule has 168 valence electrons. The standard InChI is InChI=1S/C25H33NO4S/c1-5-14-30-23-8-6-7-20(16-23)24(27)26(22-13-15-31(28,29)18-22)17-19-9-11-21(12-10-19)25(2,3)4/h6-12,16,22H,5,13-15,17-18H2,1-4H3/t22-/m0/s1. The van der Waals surface area contributed by atoms with Gasteiger partial charge in [-0.05, 0) is 47.6 Å². The third-order valence-electron chi connectivity index (χ3n) is 5.64. The maximum Gasteiger partial charge on any atom is 0.254 e. The first-order valence-electron chi connectivity index (χ1n) is 10.9. The van der Waals surface area contributed by atoms with Crippen LogP contribution in [0.25, 0.3) is 0 Å². The molecular formula is C25H33NO4S. The number of benzene rings is 2. The zero-order valence-corrected chi connectivity index (χ0v) is 19.7. The van der Waals surface area contributed by atoms with Crippen LogP contribution in [0.3, 0.4) is 0 Å². The van der Waals surface area contributed by atoms with Crippen LogP contribution in [0.2, 0.25) is 0 Å². The smallest absolute Gasteiger partial charge is 0.254 e. The Kier molecular flexibility index (Phi) is 7.10. The molecule has 1 heterocycles. The second-order valence-corrected chi connectivity index (χ2v) is 11.5. The number of amides is 1. The molecule has 6 heteroatoms. The van der Waals surface area contributed by atoms with E-state index in [0.29, 0.717) is 30.9 Å². The van der Waals surface area contributed by atoms with Crippen molar-refractivity contribution in [3.05, 3.63) is 65.2 Å². The number of carbonyl (C=O) groups excluding carboxylic acids is 1. The molecule has 0 aromatic heterocycles. The summed E-state index contributed by atoms with van der Waals surface area (Å²) in [4.78, 5) is 15.2. The van der Waals surface area contributed by atoms with Gasteiger partial charge in [0.25, 0.3) is 5.91 Å². The third kappa shape index (κ3) is 6.10. The van der Waals surface area contributed by atoms with Crippen molar-refractivity contribution in [3.63, 3.8) is 0 Å². The summed E-state index contributed by atoms with van der Waals surface area (Å²) in [5, 5.41) is 0. The molecule has 0 radical (unpaired) electrons. The van der Waals surface area contributed by atoms with Gasteiger partial charge in [-0.2, -0.15) is 0 Å². The molecule has 0 bridgehead atoms. The highest BCUT2D eigenvalue weighted by Gasteiger charge is 2.35. The quantitative estimate of drug-likeness (QED) is 0.627. The van der Waals surface area contributed by atoms with Crippen LogP contribution in [0.1, 0.15) is 62.0 Å². The van der Waals surface area contributed by atoms with Gasteiger partial charge in [-0.25, -0.2) is 8.42 Å². The van der Waals surface area contributed by atoms with Gasteiger partial charge in [0.15, 0.2) is 9.84 Å². The SMILES string of the molecule is CCCOc1cccc(C(=O)N(Cc2ccc(C(C)(C)C)cc2)[C@H]2CCS(=O)(=O)C2)c1. The molecule has 0 unspecified atom stereocenters. The third-order valence-corrected chi connectivity index (χ3v) is 7.39. The lowest BCUT2D eigenvalue weighted by Gasteiger charge is -2.29.